The first kappa shape index (κ1) is 11.0. The average Bonchev–Trinajstić information content (AvgIpc) is 2.32. The third-order valence-electron chi connectivity index (χ3n) is 1.62. The normalized spacial score (nSPS) is 12.4. The van der Waals surface area contributed by atoms with Crippen molar-refractivity contribution in [2.45, 2.75) is 33.0 Å². The molecule has 3 nitrogen and oxygen atoms in total. The van der Waals surface area contributed by atoms with Crippen molar-refractivity contribution in [1.29, 1.82) is 0 Å². The number of aromatic nitrogens is 3. The minimum atomic E-state index is -4.24. The molecule has 0 saturated heterocycles. The quantitative estimate of drug-likeness (QED) is 0.759. The van der Waals surface area contributed by atoms with Crippen molar-refractivity contribution < 1.29 is 13.2 Å². The highest BCUT2D eigenvalue weighted by Gasteiger charge is 2.29. The number of hydrogen-bond donors (Lipinski definition) is 0. The van der Waals surface area contributed by atoms with Crippen LogP contribution in [-0.4, -0.2) is 20.9 Å². The fraction of sp³-hybridized carbons (Fsp3) is 0.750. The van der Waals surface area contributed by atoms with Crippen LogP contribution in [0.5, 0.6) is 0 Å². The monoisotopic (exact) mass is 207 g/mol. The zero-order chi connectivity index (χ0) is 10.8. The van der Waals surface area contributed by atoms with E-state index in [1.807, 2.05) is 13.8 Å². The SMILES string of the molecule is CC(C)Cc1ncnn1CC(F)(F)F. The van der Waals surface area contributed by atoms with Gasteiger partial charge < -0.3 is 0 Å². The van der Waals surface area contributed by atoms with Crippen LogP contribution >= 0.6 is 0 Å². The minimum absolute atomic E-state index is 0.270. The van der Waals surface area contributed by atoms with Crippen molar-refractivity contribution in [2.75, 3.05) is 0 Å². The van der Waals surface area contributed by atoms with Crippen LogP contribution in [0.25, 0.3) is 0 Å². The molecule has 0 atom stereocenters. The topological polar surface area (TPSA) is 30.7 Å². The first-order valence-corrected chi connectivity index (χ1v) is 4.32. The molecule has 1 aromatic rings. The van der Waals surface area contributed by atoms with E-state index in [1.54, 1.807) is 0 Å². The summed E-state index contributed by atoms with van der Waals surface area (Å²) in [5, 5.41) is 3.54. The third-order valence-corrected chi connectivity index (χ3v) is 1.62. The van der Waals surface area contributed by atoms with E-state index < -0.39 is 12.7 Å². The summed E-state index contributed by atoms with van der Waals surface area (Å²) >= 11 is 0. The van der Waals surface area contributed by atoms with Crippen molar-refractivity contribution in [3.8, 4) is 0 Å². The van der Waals surface area contributed by atoms with E-state index in [0.29, 0.717) is 12.2 Å². The Morgan fingerprint density at radius 3 is 2.57 bits per heavy atom. The summed E-state index contributed by atoms with van der Waals surface area (Å²) in [5.41, 5.74) is 0. The molecule has 0 unspecified atom stereocenters. The van der Waals surface area contributed by atoms with Gasteiger partial charge in [0.05, 0.1) is 0 Å². The Balaban J connectivity index is 2.72. The van der Waals surface area contributed by atoms with Gasteiger partial charge in [-0.1, -0.05) is 13.8 Å². The zero-order valence-electron chi connectivity index (χ0n) is 8.04. The molecule has 1 heterocycles. The molecule has 0 bridgehead atoms. The molecule has 0 saturated carbocycles. The Hall–Kier alpha value is -1.07. The molecule has 0 aromatic carbocycles. The van der Waals surface area contributed by atoms with Crippen molar-refractivity contribution in [3.63, 3.8) is 0 Å². The molecule has 1 aromatic heterocycles. The van der Waals surface area contributed by atoms with Crippen LogP contribution in [0.3, 0.4) is 0 Å². The van der Waals surface area contributed by atoms with E-state index in [2.05, 4.69) is 10.1 Å². The van der Waals surface area contributed by atoms with E-state index in [0.717, 1.165) is 11.0 Å². The van der Waals surface area contributed by atoms with Crippen molar-refractivity contribution in [2.24, 2.45) is 5.92 Å². The highest BCUT2D eigenvalue weighted by molar-refractivity contribution is 4.86. The van der Waals surface area contributed by atoms with Crippen LogP contribution in [0, 0.1) is 5.92 Å². The number of halogens is 3. The molecule has 6 heteroatoms. The van der Waals surface area contributed by atoms with Gasteiger partial charge in [0.2, 0.25) is 0 Å². The summed E-state index contributed by atoms with van der Waals surface area (Å²) in [6.07, 6.45) is -2.57. The van der Waals surface area contributed by atoms with Gasteiger partial charge in [-0.25, -0.2) is 9.67 Å². The number of alkyl halides is 3. The standard InChI is InChI=1S/C8H12F3N3/c1-6(2)3-7-12-5-13-14(7)4-8(9,10)11/h5-6H,3-4H2,1-2H3. The number of rotatable bonds is 3. The molecule has 0 radical (unpaired) electrons. The maximum absolute atomic E-state index is 12.0. The average molecular weight is 207 g/mol. The van der Waals surface area contributed by atoms with Gasteiger partial charge in [0.15, 0.2) is 0 Å². The molecule has 0 N–H and O–H groups in total. The second-order valence-electron chi connectivity index (χ2n) is 3.55. The predicted octanol–water partition coefficient (Wildman–Crippen LogP) is 2.04. The molecule has 80 valence electrons. The van der Waals surface area contributed by atoms with Gasteiger partial charge in [0.25, 0.3) is 0 Å². The van der Waals surface area contributed by atoms with Crippen molar-refractivity contribution >= 4 is 0 Å². The molecular formula is C8H12F3N3. The van der Waals surface area contributed by atoms with Crippen molar-refractivity contribution in [1.82, 2.24) is 14.8 Å². The predicted molar refractivity (Wildman–Crippen MR) is 44.6 cm³/mol. The number of nitrogens with zero attached hydrogens (tertiary/aromatic N) is 3. The summed E-state index contributed by atoms with van der Waals surface area (Å²) in [6.45, 7) is 2.79. The molecule has 0 aliphatic heterocycles. The lowest BCUT2D eigenvalue weighted by Gasteiger charge is -2.09. The van der Waals surface area contributed by atoms with Crippen LogP contribution in [0.2, 0.25) is 0 Å². The van der Waals surface area contributed by atoms with E-state index in [9.17, 15) is 13.2 Å². The Kier molecular flexibility index (Phi) is 3.13. The molecule has 0 fully saturated rings. The van der Waals surface area contributed by atoms with Crippen molar-refractivity contribution in [3.05, 3.63) is 12.2 Å². The highest BCUT2D eigenvalue weighted by Crippen LogP contribution is 2.18. The fourth-order valence-electron chi connectivity index (χ4n) is 1.11. The summed E-state index contributed by atoms with van der Waals surface area (Å²) in [7, 11) is 0. The second kappa shape index (κ2) is 3.98. The van der Waals surface area contributed by atoms with Gasteiger partial charge >= 0.3 is 6.18 Å². The first-order valence-electron chi connectivity index (χ1n) is 4.32. The van der Waals surface area contributed by atoms with Crippen LogP contribution in [0.15, 0.2) is 6.33 Å². The minimum Gasteiger partial charge on any atom is -0.241 e. The molecule has 0 aliphatic carbocycles. The summed E-state index contributed by atoms with van der Waals surface area (Å²) < 4.78 is 37.0. The van der Waals surface area contributed by atoms with E-state index in [1.165, 1.54) is 0 Å². The Morgan fingerprint density at radius 2 is 2.07 bits per heavy atom. The van der Waals surface area contributed by atoms with Crippen LogP contribution < -0.4 is 0 Å². The highest BCUT2D eigenvalue weighted by atomic mass is 19.4. The lowest BCUT2D eigenvalue weighted by atomic mass is 10.1. The van der Waals surface area contributed by atoms with E-state index in [-0.39, 0.29) is 5.92 Å². The number of hydrogen-bond acceptors (Lipinski definition) is 2. The van der Waals surface area contributed by atoms with Gasteiger partial charge in [0.1, 0.15) is 18.7 Å². The molecule has 0 amide bonds. The van der Waals surface area contributed by atoms with Gasteiger partial charge in [-0.2, -0.15) is 18.3 Å². The summed E-state index contributed by atoms with van der Waals surface area (Å²) in [4.78, 5) is 3.79. The fourth-order valence-corrected chi connectivity index (χ4v) is 1.11. The van der Waals surface area contributed by atoms with E-state index in [4.69, 9.17) is 0 Å². The van der Waals surface area contributed by atoms with Gasteiger partial charge in [-0.3, -0.25) is 0 Å². The maximum Gasteiger partial charge on any atom is 0.408 e. The van der Waals surface area contributed by atoms with Crippen LogP contribution in [0.1, 0.15) is 19.7 Å². The largest absolute Gasteiger partial charge is 0.408 e. The van der Waals surface area contributed by atoms with Gasteiger partial charge in [0, 0.05) is 6.42 Å². The maximum atomic E-state index is 12.0. The molecule has 14 heavy (non-hydrogen) atoms. The lowest BCUT2D eigenvalue weighted by molar-refractivity contribution is -0.143. The Bertz CT molecular complexity index is 290. The molecule has 0 aliphatic rings. The lowest BCUT2D eigenvalue weighted by Crippen LogP contribution is -2.21. The Morgan fingerprint density at radius 1 is 1.43 bits per heavy atom. The zero-order valence-corrected chi connectivity index (χ0v) is 8.04. The third kappa shape index (κ3) is 3.35. The van der Waals surface area contributed by atoms with Gasteiger partial charge in [-0.15, -0.1) is 0 Å². The Labute approximate surface area is 79.9 Å². The van der Waals surface area contributed by atoms with Crippen LogP contribution in [0.4, 0.5) is 13.2 Å². The van der Waals surface area contributed by atoms with E-state index >= 15 is 0 Å². The van der Waals surface area contributed by atoms with Crippen LogP contribution in [-0.2, 0) is 13.0 Å². The summed E-state index contributed by atoms with van der Waals surface area (Å²) in [5.74, 6) is 0.656. The molecule has 1 rings (SSSR count). The van der Waals surface area contributed by atoms with Gasteiger partial charge in [-0.05, 0) is 5.92 Å². The second-order valence-corrected chi connectivity index (χ2v) is 3.55. The molecular weight excluding hydrogens is 195 g/mol. The smallest absolute Gasteiger partial charge is 0.241 e. The molecule has 0 spiro atoms. The first-order chi connectivity index (χ1) is 6.38. The summed E-state index contributed by atoms with van der Waals surface area (Å²) in [6, 6.07) is 0.